The second-order valence-electron chi connectivity index (χ2n) is 6.28. The van der Waals surface area contributed by atoms with E-state index in [0.717, 1.165) is 28.5 Å². The standard InChI is InChI=1S/C21H20N2O2/c24-20(13-19-18-9-2-1-5-15(18)10-12-25-19)23-14-17-7-3-6-16-8-4-11-22-21(16)17/h1-9,11,19H,10,12-14H2,(H,23,24)/t19-/m1/s1. The molecule has 0 aliphatic carbocycles. The highest BCUT2D eigenvalue weighted by molar-refractivity contribution is 5.82. The van der Waals surface area contributed by atoms with Gasteiger partial charge in [0, 0.05) is 18.1 Å². The van der Waals surface area contributed by atoms with Gasteiger partial charge >= 0.3 is 0 Å². The molecule has 25 heavy (non-hydrogen) atoms. The van der Waals surface area contributed by atoms with Crippen LogP contribution in [-0.4, -0.2) is 17.5 Å². The molecular formula is C21H20N2O2. The molecule has 0 unspecified atom stereocenters. The first-order chi connectivity index (χ1) is 12.3. The lowest BCUT2D eigenvalue weighted by atomic mass is 9.95. The second kappa shape index (κ2) is 7.03. The zero-order valence-corrected chi connectivity index (χ0v) is 13.9. The zero-order chi connectivity index (χ0) is 17.1. The first-order valence-corrected chi connectivity index (χ1v) is 8.60. The molecule has 4 nitrogen and oxygen atoms in total. The number of hydrogen-bond acceptors (Lipinski definition) is 3. The van der Waals surface area contributed by atoms with E-state index in [4.69, 9.17) is 4.74 Å². The van der Waals surface area contributed by atoms with Crippen molar-refractivity contribution in [2.75, 3.05) is 6.61 Å². The number of carbonyl (C=O) groups is 1. The smallest absolute Gasteiger partial charge is 0.223 e. The number of aromatic nitrogens is 1. The zero-order valence-electron chi connectivity index (χ0n) is 13.9. The summed E-state index contributed by atoms with van der Waals surface area (Å²) in [6, 6.07) is 18.2. The molecule has 0 fully saturated rings. The van der Waals surface area contributed by atoms with Crippen molar-refractivity contribution in [3.63, 3.8) is 0 Å². The number of pyridine rings is 1. The molecule has 0 radical (unpaired) electrons. The fraction of sp³-hybridized carbons (Fsp3) is 0.238. The molecule has 2 heterocycles. The molecular weight excluding hydrogens is 312 g/mol. The molecule has 1 N–H and O–H groups in total. The molecule has 1 aliphatic heterocycles. The van der Waals surface area contributed by atoms with Crippen molar-refractivity contribution >= 4 is 16.8 Å². The molecule has 0 saturated heterocycles. The van der Waals surface area contributed by atoms with Crippen LogP contribution in [-0.2, 0) is 22.5 Å². The number of hydrogen-bond donors (Lipinski definition) is 1. The number of ether oxygens (including phenoxy) is 1. The summed E-state index contributed by atoms with van der Waals surface area (Å²) in [5, 5.41) is 4.09. The van der Waals surface area contributed by atoms with Crippen LogP contribution >= 0.6 is 0 Å². The van der Waals surface area contributed by atoms with Gasteiger partial charge in [0.15, 0.2) is 0 Å². The quantitative estimate of drug-likeness (QED) is 0.795. The molecule has 4 rings (SSSR count). The van der Waals surface area contributed by atoms with E-state index >= 15 is 0 Å². The van der Waals surface area contributed by atoms with E-state index in [2.05, 4.69) is 22.4 Å². The predicted octanol–water partition coefficient (Wildman–Crippen LogP) is 3.56. The van der Waals surface area contributed by atoms with Crippen molar-refractivity contribution < 1.29 is 9.53 Å². The third kappa shape index (κ3) is 3.39. The van der Waals surface area contributed by atoms with Crippen molar-refractivity contribution in [3.05, 3.63) is 77.5 Å². The van der Waals surface area contributed by atoms with E-state index in [1.165, 1.54) is 5.56 Å². The Labute approximate surface area is 146 Å². The Hall–Kier alpha value is -2.72. The summed E-state index contributed by atoms with van der Waals surface area (Å²) in [4.78, 5) is 16.8. The van der Waals surface area contributed by atoms with Crippen LogP contribution in [0.5, 0.6) is 0 Å². The number of rotatable bonds is 4. The van der Waals surface area contributed by atoms with Gasteiger partial charge in [-0.15, -0.1) is 0 Å². The Morgan fingerprint density at radius 3 is 2.96 bits per heavy atom. The Morgan fingerprint density at radius 1 is 1.12 bits per heavy atom. The minimum Gasteiger partial charge on any atom is -0.373 e. The van der Waals surface area contributed by atoms with Crippen LogP contribution in [0.1, 0.15) is 29.2 Å². The summed E-state index contributed by atoms with van der Waals surface area (Å²) in [5.74, 6) is -0.00497. The maximum Gasteiger partial charge on any atom is 0.223 e. The topological polar surface area (TPSA) is 51.2 Å². The minimum absolute atomic E-state index is 0.00497. The van der Waals surface area contributed by atoms with Gasteiger partial charge in [-0.25, -0.2) is 0 Å². The summed E-state index contributed by atoms with van der Waals surface area (Å²) >= 11 is 0. The van der Waals surface area contributed by atoms with E-state index in [9.17, 15) is 4.79 Å². The van der Waals surface area contributed by atoms with Crippen LogP contribution in [0.3, 0.4) is 0 Å². The number of amides is 1. The summed E-state index contributed by atoms with van der Waals surface area (Å²) in [7, 11) is 0. The van der Waals surface area contributed by atoms with Gasteiger partial charge in [0.25, 0.3) is 0 Å². The fourth-order valence-corrected chi connectivity index (χ4v) is 3.39. The number of nitrogens with zero attached hydrogens (tertiary/aromatic N) is 1. The highest BCUT2D eigenvalue weighted by atomic mass is 16.5. The molecule has 1 atom stereocenters. The lowest BCUT2D eigenvalue weighted by Crippen LogP contribution is -2.27. The van der Waals surface area contributed by atoms with Gasteiger partial charge in [-0.05, 0) is 29.2 Å². The van der Waals surface area contributed by atoms with Gasteiger partial charge < -0.3 is 10.1 Å². The first kappa shape index (κ1) is 15.8. The van der Waals surface area contributed by atoms with Crippen LogP contribution in [0, 0.1) is 0 Å². The fourth-order valence-electron chi connectivity index (χ4n) is 3.39. The summed E-state index contributed by atoms with van der Waals surface area (Å²) < 4.78 is 5.82. The average Bonchev–Trinajstić information content (AvgIpc) is 2.66. The number of para-hydroxylation sites is 1. The monoisotopic (exact) mass is 332 g/mol. The van der Waals surface area contributed by atoms with Gasteiger partial charge in [0.2, 0.25) is 5.91 Å². The SMILES string of the molecule is O=C(C[C@H]1OCCc2ccccc21)NCc1cccc2cccnc12. The molecule has 0 bridgehead atoms. The maximum absolute atomic E-state index is 12.4. The number of carbonyl (C=O) groups excluding carboxylic acids is 1. The largest absolute Gasteiger partial charge is 0.373 e. The Kier molecular flexibility index (Phi) is 4.44. The molecule has 1 aliphatic rings. The van der Waals surface area contributed by atoms with E-state index in [0.29, 0.717) is 19.6 Å². The third-order valence-corrected chi connectivity index (χ3v) is 4.66. The lowest BCUT2D eigenvalue weighted by Gasteiger charge is -2.25. The van der Waals surface area contributed by atoms with E-state index in [1.807, 2.05) is 42.5 Å². The summed E-state index contributed by atoms with van der Waals surface area (Å²) in [6.45, 7) is 1.14. The van der Waals surface area contributed by atoms with Gasteiger partial charge in [0.05, 0.1) is 24.6 Å². The van der Waals surface area contributed by atoms with Gasteiger partial charge in [-0.3, -0.25) is 9.78 Å². The molecule has 3 aromatic rings. The molecule has 1 aromatic heterocycles. The van der Waals surface area contributed by atoms with Crippen molar-refractivity contribution in [2.45, 2.75) is 25.5 Å². The van der Waals surface area contributed by atoms with E-state index < -0.39 is 0 Å². The Morgan fingerprint density at radius 2 is 2.00 bits per heavy atom. The number of benzene rings is 2. The van der Waals surface area contributed by atoms with Crippen LogP contribution < -0.4 is 5.32 Å². The van der Waals surface area contributed by atoms with Crippen molar-refractivity contribution in [1.29, 1.82) is 0 Å². The highest BCUT2D eigenvalue weighted by Crippen LogP contribution is 2.29. The van der Waals surface area contributed by atoms with Crippen molar-refractivity contribution in [1.82, 2.24) is 10.3 Å². The summed E-state index contributed by atoms with van der Waals surface area (Å²) in [5.41, 5.74) is 4.38. The second-order valence-corrected chi connectivity index (χ2v) is 6.28. The molecule has 4 heteroatoms. The highest BCUT2D eigenvalue weighted by Gasteiger charge is 2.22. The van der Waals surface area contributed by atoms with Crippen LogP contribution in [0.2, 0.25) is 0 Å². The van der Waals surface area contributed by atoms with Crippen molar-refractivity contribution in [2.24, 2.45) is 0 Å². The van der Waals surface area contributed by atoms with Crippen LogP contribution in [0.15, 0.2) is 60.8 Å². The van der Waals surface area contributed by atoms with Gasteiger partial charge in [-0.1, -0.05) is 48.5 Å². The van der Waals surface area contributed by atoms with E-state index in [1.54, 1.807) is 6.20 Å². The van der Waals surface area contributed by atoms with Crippen LogP contribution in [0.4, 0.5) is 0 Å². The third-order valence-electron chi connectivity index (χ3n) is 4.66. The normalized spacial score (nSPS) is 16.4. The lowest BCUT2D eigenvalue weighted by molar-refractivity contribution is -0.124. The van der Waals surface area contributed by atoms with E-state index in [-0.39, 0.29) is 12.0 Å². The molecule has 2 aromatic carbocycles. The average molecular weight is 332 g/mol. The molecule has 126 valence electrons. The Bertz CT molecular complexity index is 902. The first-order valence-electron chi connectivity index (χ1n) is 8.60. The number of fused-ring (bicyclic) bond motifs is 2. The van der Waals surface area contributed by atoms with Gasteiger partial charge in [0.1, 0.15) is 0 Å². The summed E-state index contributed by atoms with van der Waals surface area (Å²) in [6.07, 6.45) is 2.88. The predicted molar refractivity (Wildman–Crippen MR) is 97.0 cm³/mol. The molecule has 0 spiro atoms. The molecule has 1 amide bonds. The Balaban J connectivity index is 1.43. The minimum atomic E-state index is -0.157. The van der Waals surface area contributed by atoms with Gasteiger partial charge in [-0.2, -0.15) is 0 Å². The van der Waals surface area contributed by atoms with Crippen molar-refractivity contribution in [3.8, 4) is 0 Å². The number of nitrogens with one attached hydrogen (secondary N) is 1. The maximum atomic E-state index is 12.4. The van der Waals surface area contributed by atoms with Crippen LogP contribution in [0.25, 0.3) is 10.9 Å². The molecule has 0 saturated carbocycles.